The van der Waals surface area contributed by atoms with E-state index in [1.165, 1.54) is 74.9 Å². The lowest BCUT2D eigenvalue weighted by Crippen LogP contribution is -2.22. The Morgan fingerprint density at radius 1 is 0.440 bits per heavy atom. The highest BCUT2D eigenvalue weighted by molar-refractivity contribution is 5.98. The minimum Gasteiger partial charge on any atom is -0.494 e. The van der Waals surface area contributed by atoms with E-state index in [-0.39, 0.29) is 104 Å². The van der Waals surface area contributed by atoms with Crippen LogP contribution in [0.1, 0.15) is 86.4 Å². The van der Waals surface area contributed by atoms with Gasteiger partial charge in [0.05, 0.1) is 62.6 Å². The molecule has 2 unspecified atom stereocenters. The van der Waals surface area contributed by atoms with Gasteiger partial charge in [-0.25, -0.2) is 28.8 Å². The Morgan fingerprint density at radius 2 is 0.813 bits per heavy atom. The summed E-state index contributed by atoms with van der Waals surface area (Å²) in [7, 11) is 2.85. The van der Waals surface area contributed by atoms with Crippen molar-refractivity contribution in [2.45, 2.75) is 44.9 Å². The molecule has 20 nitrogen and oxygen atoms in total. The Balaban J connectivity index is 1.17. The summed E-state index contributed by atoms with van der Waals surface area (Å²) >= 11 is 0. The minimum atomic E-state index is -0.885. The third kappa shape index (κ3) is 18.9. The van der Waals surface area contributed by atoms with Crippen LogP contribution in [-0.4, -0.2) is 115 Å². The van der Waals surface area contributed by atoms with Crippen molar-refractivity contribution in [2.24, 2.45) is 11.8 Å². The second kappa shape index (κ2) is 30.6. The van der Waals surface area contributed by atoms with Crippen LogP contribution in [0.15, 0.2) is 110 Å². The second-order valence-corrected chi connectivity index (χ2v) is 16.3. The summed E-state index contributed by atoms with van der Waals surface area (Å²) in [5.41, 5.74) is -0.143. The molecule has 75 heavy (non-hydrogen) atoms. The fourth-order valence-corrected chi connectivity index (χ4v) is 6.99. The summed E-state index contributed by atoms with van der Waals surface area (Å²) in [6, 6.07) is 19.9. The normalized spacial score (nSPS) is 13.5. The fourth-order valence-electron chi connectivity index (χ4n) is 6.99. The highest BCUT2D eigenvalue weighted by Gasteiger charge is 2.37. The summed E-state index contributed by atoms with van der Waals surface area (Å²) in [6.45, 7) is 7.74. The van der Waals surface area contributed by atoms with Crippen molar-refractivity contribution in [3.8, 4) is 34.5 Å². The number of unbranched alkanes of at least 4 members (excludes halogenated alkanes) is 2. The highest BCUT2D eigenvalue weighted by atomic mass is 16.6. The molecular weight excluding hydrogens is 981 g/mol. The first kappa shape index (κ1) is 57.5. The molecule has 0 aliphatic heterocycles. The van der Waals surface area contributed by atoms with E-state index < -0.39 is 59.6 Å². The third-order valence-corrected chi connectivity index (χ3v) is 10.9. The minimum absolute atomic E-state index is 0.0506. The number of carbonyl (C=O) groups excluding carboxylic acids is 8. The Kier molecular flexibility index (Phi) is 23.5. The van der Waals surface area contributed by atoms with Crippen molar-refractivity contribution in [1.82, 2.24) is 0 Å². The zero-order chi connectivity index (χ0) is 54.0. The zero-order valence-corrected chi connectivity index (χ0v) is 41.6. The monoisotopic (exact) mass is 1040 g/mol. The molecule has 398 valence electrons. The molecule has 4 aromatic carbocycles. The summed E-state index contributed by atoms with van der Waals surface area (Å²) in [5.74, 6) is -6.76. The zero-order valence-electron chi connectivity index (χ0n) is 41.6. The molecule has 2 atom stereocenters. The molecule has 0 N–H and O–H groups in total. The quantitative estimate of drug-likeness (QED) is 0.0162. The molecule has 0 spiro atoms. The van der Waals surface area contributed by atoms with Crippen LogP contribution in [0.4, 0.5) is 0 Å². The SMILES string of the molecule is C=CC(=O)OCCCCOc1ccc(C(=O)Oc2ccc(OC(=O)C3CCC(C(=O)Oc4ccc(OC(=O)c5ccc(OCCCCOC(=O)C=C)cc5)c(C(=O)OCCOC)c4)C3)cc2C(=O)OCCOC)cc1. The van der Waals surface area contributed by atoms with Crippen LogP contribution < -0.4 is 28.4 Å². The summed E-state index contributed by atoms with van der Waals surface area (Å²) in [4.78, 5) is 102. The predicted octanol–water partition coefficient (Wildman–Crippen LogP) is 7.44. The summed E-state index contributed by atoms with van der Waals surface area (Å²) in [5, 5.41) is 0. The van der Waals surface area contributed by atoms with Crippen molar-refractivity contribution < 1.29 is 95.2 Å². The Bertz CT molecular complexity index is 2440. The molecule has 1 saturated carbocycles. The Labute approximate surface area is 432 Å². The number of ether oxygens (including phenoxy) is 12. The molecule has 1 aliphatic rings. The number of hydrogen-bond acceptors (Lipinski definition) is 20. The van der Waals surface area contributed by atoms with E-state index in [0.717, 1.165) is 12.2 Å². The molecule has 0 aromatic heterocycles. The Morgan fingerprint density at radius 3 is 1.19 bits per heavy atom. The van der Waals surface area contributed by atoms with Crippen molar-refractivity contribution >= 4 is 47.8 Å². The number of esters is 8. The average Bonchev–Trinajstić information content (AvgIpc) is 3.93. The standard InChI is InChI=1S/C55H58O20/c1-5-48(56)68-27-9-7-25-66-40-17-13-36(14-18-40)50(58)74-46-23-21-42(34-44(46)54(62)70-31-29-64-3)72-52(60)38-11-12-39(33-38)53(61)73-43-22-24-47(45(35-43)55(63)71-32-30-65-4)75-51(59)37-15-19-41(20-16-37)67-26-8-10-28-69-49(57)6-2/h5-6,13-24,34-35,38-39H,1-2,7-12,25-33H2,3-4H3. The molecule has 4 aromatic rings. The van der Waals surface area contributed by atoms with Crippen LogP contribution >= 0.6 is 0 Å². The number of rotatable bonds is 30. The lowest BCUT2D eigenvalue weighted by atomic mass is 10.1. The van der Waals surface area contributed by atoms with Crippen LogP contribution in [0.25, 0.3) is 0 Å². The van der Waals surface area contributed by atoms with Gasteiger partial charge in [-0.2, -0.15) is 0 Å². The van der Waals surface area contributed by atoms with Crippen LogP contribution in [-0.2, 0) is 47.6 Å². The summed E-state index contributed by atoms with van der Waals surface area (Å²) in [6.07, 6.45) is 5.12. The first-order chi connectivity index (χ1) is 36.3. The van der Waals surface area contributed by atoms with Gasteiger partial charge in [0.2, 0.25) is 0 Å². The second-order valence-electron chi connectivity index (χ2n) is 16.3. The van der Waals surface area contributed by atoms with E-state index in [0.29, 0.717) is 50.4 Å². The molecule has 1 fully saturated rings. The molecule has 0 bridgehead atoms. The molecule has 0 radical (unpaired) electrons. The van der Waals surface area contributed by atoms with Gasteiger partial charge < -0.3 is 56.8 Å². The van der Waals surface area contributed by atoms with E-state index in [2.05, 4.69) is 13.2 Å². The van der Waals surface area contributed by atoms with Gasteiger partial charge in [-0.05, 0) is 130 Å². The van der Waals surface area contributed by atoms with Gasteiger partial charge in [-0.3, -0.25) is 9.59 Å². The van der Waals surface area contributed by atoms with E-state index in [9.17, 15) is 38.4 Å². The van der Waals surface area contributed by atoms with E-state index in [1.807, 2.05) is 0 Å². The molecule has 0 saturated heterocycles. The topological polar surface area (TPSA) is 247 Å². The maximum Gasteiger partial charge on any atom is 0.343 e. The smallest absolute Gasteiger partial charge is 0.343 e. The maximum atomic E-state index is 13.5. The number of benzene rings is 4. The lowest BCUT2D eigenvalue weighted by Gasteiger charge is -2.15. The fraction of sp³-hybridized carbons (Fsp3) is 0.345. The van der Waals surface area contributed by atoms with Gasteiger partial charge in [0.15, 0.2) is 0 Å². The first-order valence-corrected chi connectivity index (χ1v) is 23.8. The van der Waals surface area contributed by atoms with Gasteiger partial charge in [0.1, 0.15) is 58.8 Å². The van der Waals surface area contributed by atoms with Crippen molar-refractivity contribution in [3.05, 3.63) is 132 Å². The summed E-state index contributed by atoms with van der Waals surface area (Å²) < 4.78 is 64.3. The number of carbonyl (C=O) groups is 8. The molecule has 0 amide bonds. The van der Waals surface area contributed by atoms with Crippen molar-refractivity contribution in [3.63, 3.8) is 0 Å². The average molecular weight is 1040 g/mol. The van der Waals surface area contributed by atoms with E-state index in [4.69, 9.17) is 56.8 Å². The van der Waals surface area contributed by atoms with Gasteiger partial charge in [-0.15, -0.1) is 0 Å². The van der Waals surface area contributed by atoms with Crippen LogP contribution in [0.3, 0.4) is 0 Å². The third-order valence-electron chi connectivity index (χ3n) is 10.9. The van der Waals surface area contributed by atoms with Gasteiger partial charge in [0.25, 0.3) is 0 Å². The van der Waals surface area contributed by atoms with Crippen LogP contribution in [0.5, 0.6) is 34.5 Å². The molecule has 0 heterocycles. The number of methoxy groups -OCH3 is 2. The largest absolute Gasteiger partial charge is 0.494 e. The lowest BCUT2D eigenvalue weighted by molar-refractivity contribution is -0.141. The molecule has 5 rings (SSSR count). The highest BCUT2D eigenvalue weighted by Crippen LogP contribution is 2.35. The number of hydrogen-bond donors (Lipinski definition) is 0. The molecule has 20 heteroatoms. The molecule has 1 aliphatic carbocycles. The van der Waals surface area contributed by atoms with Gasteiger partial charge >= 0.3 is 47.8 Å². The van der Waals surface area contributed by atoms with E-state index in [1.54, 1.807) is 24.3 Å². The van der Waals surface area contributed by atoms with Crippen LogP contribution in [0, 0.1) is 11.8 Å². The van der Waals surface area contributed by atoms with Crippen molar-refractivity contribution in [1.29, 1.82) is 0 Å². The Hall–Kier alpha value is -8.36. The maximum absolute atomic E-state index is 13.5. The van der Waals surface area contributed by atoms with Gasteiger partial charge in [0, 0.05) is 26.4 Å². The predicted molar refractivity (Wildman–Crippen MR) is 264 cm³/mol. The van der Waals surface area contributed by atoms with E-state index >= 15 is 0 Å². The van der Waals surface area contributed by atoms with Crippen molar-refractivity contribution in [2.75, 3.05) is 67.1 Å². The van der Waals surface area contributed by atoms with Gasteiger partial charge in [-0.1, -0.05) is 13.2 Å². The first-order valence-electron chi connectivity index (χ1n) is 23.8. The van der Waals surface area contributed by atoms with Crippen LogP contribution in [0.2, 0.25) is 0 Å². The molecular formula is C55H58O20.